The molecular formula is C41H34BrClF2N10O4S2. The molecule has 0 aliphatic carbocycles. The number of ether oxygens (including phenoxy) is 4. The molecule has 0 spiro atoms. The van der Waals surface area contributed by atoms with Crippen molar-refractivity contribution in [2.45, 2.75) is 46.0 Å². The average molecular weight is 948 g/mol. The van der Waals surface area contributed by atoms with E-state index in [0.29, 0.717) is 98.0 Å². The standard InChI is InChI=1S/C21H20FN5O2S.C20H14BrClFN5O2S/c1-28-15-6-7-16(29-2)17(11-15)30-21-26-18-19(23)24-12-25-20(18)27(21)9-8-13-4-3-5-14(22)10-13;21-12-6-14-15(30-9-29-14)7-16(12)31-20-27-17-18(24)25-8-26-19(17)28(20)4-3-10-1-2-11(22)5-13(10)23/h3-7,10-12H,8-9H2,1-2H3,(H2,23,24,25);1-2,5-8H,3-4,9H2,(H2,24,25,26). The van der Waals surface area contributed by atoms with Gasteiger partial charge >= 0.3 is 0 Å². The number of nitrogens with zero attached hydrogens (tertiary/aromatic N) is 8. The molecule has 61 heavy (non-hydrogen) atoms. The summed E-state index contributed by atoms with van der Waals surface area (Å²) in [5.74, 6) is 2.73. The van der Waals surface area contributed by atoms with Crippen molar-refractivity contribution in [3.05, 3.63) is 118 Å². The van der Waals surface area contributed by atoms with Crippen molar-refractivity contribution in [1.29, 1.82) is 0 Å². The molecule has 0 unspecified atom stereocenters. The minimum absolute atomic E-state index is 0.188. The lowest BCUT2D eigenvalue weighted by molar-refractivity contribution is 0.174. The van der Waals surface area contributed by atoms with Crippen LogP contribution in [0.4, 0.5) is 20.4 Å². The van der Waals surface area contributed by atoms with Crippen LogP contribution in [0.5, 0.6) is 23.0 Å². The largest absolute Gasteiger partial charge is 0.497 e. The van der Waals surface area contributed by atoms with Crippen LogP contribution in [0.1, 0.15) is 11.1 Å². The van der Waals surface area contributed by atoms with Crippen molar-refractivity contribution in [3.8, 4) is 23.0 Å². The number of aryl methyl sites for hydroxylation is 4. The monoisotopic (exact) mass is 946 g/mol. The molecule has 312 valence electrons. The van der Waals surface area contributed by atoms with Gasteiger partial charge in [-0.1, -0.05) is 41.6 Å². The second-order valence-electron chi connectivity index (χ2n) is 13.2. The molecule has 4 N–H and O–H groups in total. The zero-order valence-electron chi connectivity index (χ0n) is 32.3. The van der Waals surface area contributed by atoms with Gasteiger partial charge in [0.15, 0.2) is 55.8 Å². The maximum absolute atomic E-state index is 14.3. The summed E-state index contributed by atoms with van der Waals surface area (Å²) in [6.45, 7) is 1.17. The molecule has 0 amide bonds. The first kappa shape index (κ1) is 41.8. The number of fused-ring (bicyclic) bond motifs is 3. The van der Waals surface area contributed by atoms with Gasteiger partial charge in [-0.2, -0.15) is 0 Å². The second kappa shape index (κ2) is 18.4. The molecule has 0 bridgehead atoms. The van der Waals surface area contributed by atoms with Crippen LogP contribution in [0, 0.1) is 11.6 Å². The van der Waals surface area contributed by atoms with Crippen molar-refractivity contribution < 1.29 is 27.7 Å². The minimum atomic E-state index is -0.348. The number of hydrogen-bond acceptors (Lipinski definition) is 14. The third-order valence-corrected chi connectivity index (χ3v) is 12.6. The van der Waals surface area contributed by atoms with E-state index in [1.165, 1.54) is 54.4 Å². The highest BCUT2D eigenvalue weighted by Crippen LogP contribution is 2.43. The molecule has 1 aliphatic heterocycles. The summed E-state index contributed by atoms with van der Waals surface area (Å²) in [5.41, 5.74) is 15.7. The molecule has 4 aromatic carbocycles. The van der Waals surface area contributed by atoms with Gasteiger partial charge in [0.1, 0.15) is 35.8 Å². The van der Waals surface area contributed by atoms with Crippen molar-refractivity contribution in [2.75, 3.05) is 32.5 Å². The summed E-state index contributed by atoms with van der Waals surface area (Å²) >= 11 is 12.3. The van der Waals surface area contributed by atoms with Gasteiger partial charge in [0.2, 0.25) is 6.79 Å². The van der Waals surface area contributed by atoms with E-state index in [1.807, 2.05) is 45.5 Å². The van der Waals surface area contributed by atoms with Crippen LogP contribution >= 0.6 is 51.1 Å². The van der Waals surface area contributed by atoms with E-state index in [0.717, 1.165) is 19.8 Å². The number of nitrogen functional groups attached to an aromatic ring is 2. The predicted molar refractivity (Wildman–Crippen MR) is 233 cm³/mol. The highest BCUT2D eigenvalue weighted by molar-refractivity contribution is 9.10. The number of benzene rings is 4. The fraction of sp³-hybridized carbons (Fsp3) is 0.171. The smallest absolute Gasteiger partial charge is 0.231 e. The maximum atomic E-state index is 14.3. The van der Waals surface area contributed by atoms with E-state index >= 15 is 0 Å². The first-order chi connectivity index (χ1) is 29.6. The zero-order valence-corrected chi connectivity index (χ0v) is 36.3. The number of methoxy groups -OCH3 is 2. The third kappa shape index (κ3) is 9.24. The van der Waals surface area contributed by atoms with Gasteiger partial charge in [0.25, 0.3) is 0 Å². The molecule has 9 rings (SSSR count). The number of rotatable bonds is 12. The summed E-state index contributed by atoms with van der Waals surface area (Å²) in [6, 6.07) is 20.5. The van der Waals surface area contributed by atoms with Gasteiger partial charge in [-0.3, -0.25) is 0 Å². The number of imidazole rings is 2. The molecule has 20 heteroatoms. The van der Waals surface area contributed by atoms with Gasteiger partial charge in [-0.25, -0.2) is 38.7 Å². The highest BCUT2D eigenvalue weighted by Gasteiger charge is 2.22. The molecular weight excluding hydrogens is 914 g/mol. The van der Waals surface area contributed by atoms with Crippen molar-refractivity contribution in [3.63, 3.8) is 0 Å². The molecule has 5 heterocycles. The molecule has 4 aromatic heterocycles. The lowest BCUT2D eigenvalue weighted by Gasteiger charge is -2.12. The molecule has 0 radical (unpaired) electrons. The first-order valence-corrected chi connectivity index (χ1v) is 21.2. The lowest BCUT2D eigenvalue weighted by Crippen LogP contribution is -2.05. The lowest BCUT2D eigenvalue weighted by atomic mass is 10.1. The van der Waals surface area contributed by atoms with Crippen LogP contribution in [0.15, 0.2) is 110 Å². The van der Waals surface area contributed by atoms with Gasteiger partial charge in [-0.15, -0.1) is 0 Å². The van der Waals surface area contributed by atoms with E-state index in [9.17, 15) is 8.78 Å². The summed E-state index contributed by atoms with van der Waals surface area (Å²) < 4.78 is 54.3. The Kier molecular flexibility index (Phi) is 12.6. The van der Waals surface area contributed by atoms with E-state index in [2.05, 4.69) is 45.8 Å². The Bertz CT molecular complexity index is 2910. The fourth-order valence-corrected chi connectivity index (χ4v) is 9.07. The Morgan fingerprint density at radius 3 is 2.05 bits per heavy atom. The number of halogens is 4. The van der Waals surface area contributed by atoms with Crippen LogP contribution in [-0.4, -0.2) is 60.1 Å². The zero-order chi connectivity index (χ0) is 42.6. The van der Waals surface area contributed by atoms with Crippen LogP contribution in [0.2, 0.25) is 5.02 Å². The fourth-order valence-electron chi connectivity index (χ4n) is 6.35. The maximum Gasteiger partial charge on any atom is 0.231 e. The predicted octanol–water partition coefficient (Wildman–Crippen LogP) is 9.04. The van der Waals surface area contributed by atoms with Crippen molar-refractivity contribution in [2.24, 2.45) is 0 Å². The highest BCUT2D eigenvalue weighted by atomic mass is 79.9. The van der Waals surface area contributed by atoms with Crippen LogP contribution in [-0.2, 0) is 25.9 Å². The summed E-state index contributed by atoms with van der Waals surface area (Å²) in [6.07, 6.45) is 3.84. The number of nitrogens with two attached hydrogens (primary N) is 2. The quantitative estimate of drug-likeness (QED) is 0.119. The molecule has 1 aliphatic rings. The van der Waals surface area contributed by atoms with E-state index in [-0.39, 0.29) is 24.2 Å². The van der Waals surface area contributed by atoms with Gasteiger partial charge in [0.05, 0.1) is 19.1 Å². The summed E-state index contributed by atoms with van der Waals surface area (Å²) in [4.78, 5) is 27.9. The molecule has 0 fully saturated rings. The SMILES string of the molecule is COc1ccc(OC)c(Sc2nc3c(N)ncnc3n2CCc2cccc(F)c2)c1.Nc1ncnc2c1nc(Sc1cc3c(cc1Br)OCO3)n2CCc1ccc(Cl)cc1F. The molecule has 0 saturated heterocycles. The molecule has 0 saturated carbocycles. The normalized spacial score (nSPS) is 11.8. The van der Waals surface area contributed by atoms with Gasteiger partial charge in [0, 0.05) is 27.5 Å². The van der Waals surface area contributed by atoms with E-state index < -0.39 is 0 Å². The van der Waals surface area contributed by atoms with Gasteiger partial charge < -0.3 is 39.5 Å². The van der Waals surface area contributed by atoms with E-state index in [1.54, 1.807) is 32.4 Å². The summed E-state index contributed by atoms with van der Waals surface area (Å²) in [5, 5.41) is 1.69. The molecule has 0 atom stereocenters. The Labute approximate surface area is 369 Å². The van der Waals surface area contributed by atoms with Crippen molar-refractivity contribution >= 4 is 85.0 Å². The Morgan fingerprint density at radius 2 is 1.41 bits per heavy atom. The molecule has 14 nitrogen and oxygen atoms in total. The number of aromatic nitrogens is 8. The van der Waals surface area contributed by atoms with Crippen LogP contribution < -0.4 is 30.4 Å². The third-order valence-electron chi connectivity index (χ3n) is 9.38. The topological polar surface area (TPSA) is 176 Å². The van der Waals surface area contributed by atoms with Crippen LogP contribution in [0.25, 0.3) is 22.3 Å². The second-order valence-corrected chi connectivity index (χ2v) is 16.5. The molecule has 8 aromatic rings. The Hall–Kier alpha value is -5.89. The van der Waals surface area contributed by atoms with Crippen LogP contribution in [0.3, 0.4) is 0 Å². The van der Waals surface area contributed by atoms with E-state index in [4.69, 9.17) is 42.0 Å². The average Bonchev–Trinajstić information content (AvgIpc) is 3.96. The number of hydrogen-bond donors (Lipinski definition) is 2. The first-order valence-electron chi connectivity index (χ1n) is 18.4. The van der Waals surface area contributed by atoms with Crippen molar-refractivity contribution in [1.82, 2.24) is 39.0 Å². The Balaban J connectivity index is 0.000000169. The van der Waals surface area contributed by atoms with Gasteiger partial charge in [-0.05, 0) is 106 Å². The minimum Gasteiger partial charge on any atom is -0.497 e. The summed E-state index contributed by atoms with van der Waals surface area (Å²) in [7, 11) is 3.23. The number of anilines is 2. The Morgan fingerprint density at radius 1 is 0.754 bits per heavy atom.